The highest BCUT2D eigenvalue weighted by molar-refractivity contribution is 5.11. The van der Waals surface area contributed by atoms with E-state index in [-0.39, 0.29) is 6.10 Å². The molecule has 2 bridgehead atoms. The van der Waals surface area contributed by atoms with E-state index in [1.54, 1.807) is 0 Å². The molecule has 3 nitrogen and oxygen atoms in total. The molecule has 3 heteroatoms. The van der Waals surface area contributed by atoms with Crippen LogP contribution in [-0.2, 0) is 4.74 Å². The smallest absolute Gasteiger partial charge is 0.0689 e. The summed E-state index contributed by atoms with van der Waals surface area (Å²) < 4.78 is 6.30. The molecule has 2 saturated carbocycles. The molecule has 6 atom stereocenters. The van der Waals surface area contributed by atoms with Gasteiger partial charge in [-0.05, 0) is 60.7 Å². The minimum Gasteiger partial charge on any atom is -0.392 e. The zero-order valence-electron chi connectivity index (χ0n) is 16.6. The molecule has 2 aliphatic carbocycles. The molecule has 1 N–H and O–H groups in total. The van der Waals surface area contributed by atoms with Crippen LogP contribution in [-0.4, -0.2) is 48.5 Å². The van der Waals surface area contributed by atoms with Gasteiger partial charge < -0.3 is 14.7 Å². The number of aliphatic hydroxyl groups is 1. The molecule has 0 aromatic rings. The van der Waals surface area contributed by atoms with Gasteiger partial charge in [0.25, 0.3) is 0 Å². The summed E-state index contributed by atoms with van der Waals surface area (Å²) >= 11 is 0. The molecular formula is C21H39NO2. The third-order valence-electron chi connectivity index (χ3n) is 7.90. The van der Waals surface area contributed by atoms with E-state index < -0.39 is 0 Å². The van der Waals surface area contributed by atoms with Crippen molar-refractivity contribution in [3.05, 3.63) is 0 Å². The van der Waals surface area contributed by atoms with Crippen LogP contribution in [0, 0.1) is 28.6 Å². The van der Waals surface area contributed by atoms with Crippen molar-refractivity contribution in [2.24, 2.45) is 28.6 Å². The molecule has 0 spiro atoms. The number of nitrogens with zero attached hydrogens (tertiary/aromatic N) is 1. The minimum atomic E-state index is -0.248. The van der Waals surface area contributed by atoms with Crippen LogP contribution in [0.1, 0.15) is 66.7 Å². The lowest BCUT2D eigenvalue weighted by atomic mass is 9.70. The van der Waals surface area contributed by atoms with Gasteiger partial charge in [-0.3, -0.25) is 0 Å². The summed E-state index contributed by atoms with van der Waals surface area (Å²) in [5.74, 6) is 2.34. The number of β-amino-alcohol motifs (C(OH)–C–C–N with tert-alkyl or cyclic N) is 1. The molecule has 1 aliphatic heterocycles. The van der Waals surface area contributed by atoms with Gasteiger partial charge in [-0.1, -0.05) is 34.6 Å². The monoisotopic (exact) mass is 337 g/mol. The second kappa shape index (κ2) is 6.89. The second-order valence-corrected chi connectivity index (χ2v) is 10.1. The highest BCUT2D eigenvalue weighted by Crippen LogP contribution is 2.66. The van der Waals surface area contributed by atoms with E-state index in [2.05, 4.69) is 39.5 Å². The van der Waals surface area contributed by atoms with Gasteiger partial charge in [0.1, 0.15) is 0 Å². The van der Waals surface area contributed by atoms with Crippen LogP contribution in [0.2, 0.25) is 0 Å². The number of likely N-dealkylation sites (tertiary alicyclic amines) is 1. The molecular weight excluding hydrogens is 298 g/mol. The fourth-order valence-corrected chi connectivity index (χ4v) is 6.06. The molecule has 0 radical (unpaired) electrons. The van der Waals surface area contributed by atoms with Crippen molar-refractivity contribution in [3.8, 4) is 0 Å². The van der Waals surface area contributed by atoms with E-state index in [4.69, 9.17) is 4.74 Å². The lowest BCUT2D eigenvalue weighted by Crippen LogP contribution is -2.43. The second-order valence-electron chi connectivity index (χ2n) is 10.1. The van der Waals surface area contributed by atoms with Crippen molar-refractivity contribution in [1.29, 1.82) is 0 Å². The van der Waals surface area contributed by atoms with E-state index in [0.29, 0.717) is 23.5 Å². The first-order valence-corrected chi connectivity index (χ1v) is 10.2. The Kier molecular flexibility index (Phi) is 5.36. The Hall–Kier alpha value is -0.120. The summed E-state index contributed by atoms with van der Waals surface area (Å²) in [7, 11) is 0. The fraction of sp³-hybridized carbons (Fsp3) is 1.00. The van der Waals surface area contributed by atoms with Crippen molar-refractivity contribution in [2.75, 3.05) is 26.2 Å². The van der Waals surface area contributed by atoms with Crippen molar-refractivity contribution in [2.45, 2.75) is 78.9 Å². The van der Waals surface area contributed by atoms with Gasteiger partial charge in [0.05, 0.1) is 12.2 Å². The van der Waals surface area contributed by atoms with Gasteiger partial charge >= 0.3 is 0 Å². The van der Waals surface area contributed by atoms with Gasteiger partial charge in [-0.25, -0.2) is 0 Å². The maximum Gasteiger partial charge on any atom is 0.0689 e. The summed E-state index contributed by atoms with van der Waals surface area (Å²) in [5.41, 5.74) is 0.747. The van der Waals surface area contributed by atoms with E-state index in [1.165, 1.54) is 25.7 Å². The average Bonchev–Trinajstić information content (AvgIpc) is 2.79. The number of rotatable bonds is 6. The molecule has 0 amide bonds. The minimum absolute atomic E-state index is 0.248. The van der Waals surface area contributed by atoms with E-state index in [0.717, 1.165) is 43.8 Å². The highest BCUT2D eigenvalue weighted by Gasteiger charge is 2.61. The number of aliphatic hydroxyl groups excluding tert-OH is 1. The Morgan fingerprint density at radius 1 is 1.12 bits per heavy atom. The molecule has 1 saturated heterocycles. The molecule has 3 fully saturated rings. The van der Waals surface area contributed by atoms with Crippen LogP contribution in [0.4, 0.5) is 0 Å². The largest absolute Gasteiger partial charge is 0.392 e. The Morgan fingerprint density at radius 3 is 2.33 bits per heavy atom. The predicted molar refractivity (Wildman–Crippen MR) is 99.0 cm³/mol. The van der Waals surface area contributed by atoms with Gasteiger partial charge in [0.15, 0.2) is 0 Å². The maximum absolute atomic E-state index is 10.4. The number of hydrogen-bond donors (Lipinski definition) is 1. The van der Waals surface area contributed by atoms with Gasteiger partial charge in [0.2, 0.25) is 0 Å². The zero-order valence-corrected chi connectivity index (χ0v) is 16.6. The Bertz CT molecular complexity index is 428. The SMILES string of the molecule is C[C@H]1C[C@H](C)CN(C[C@H](O)CCO[C@@H]2C[C@@H]3CC[C@]2(C)C3(C)C)C1. The topological polar surface area (TPSA) is 32.7 Å². The molecule has 3 rings (SSSR count). The number of hydrogen-bond acceptors (Lipinski definition) is 3. The average molecular weight is 338 g/mol. The lowest BCUT2D eigenvalue weighted by Gasteiger charge is -2.39. The van der Waals surface area contributed by atoms with Crippen LogP contribution in [0.3, 0.4) is 0 Å². The summed E-state index contributed by atoms with van der Waals surface area (Å²) in [4.78, 5) is 2.45. The summed E-state index contributed by atoms with van der Waals surface area (Å²) in [6.45, 7) is 15.8. The standard InChI is InChI=1S/C21H39NO2/c1-15-10-16(2)13-22(12-15)14-18(23)7-9-24-19-11-17-6-8-21(19,5)20(17,3)4/h15-19,23H,6-14H2,1-5H3/t15-,16-,17-,18+,19+,21-/m0/s1. The molecule has 1 heterocycles. The Morgan fingerprint density at radius 2 is 1.79 bits per heavy atom. The predicted octanol–water partition coefficient (Wildman–Crippen LogP) is 3.95. The van der Waals surface area contributed by atoms with Crippen LogP contribution < -0.4 is 0 Å². The number of ether oxygens (including phenoxy) is 1. The van der Waals surface area contributed by atoms with Gasteiger partial charge in [-0.15, -0.1) is 0 Å². The van der Waals surface area contributed by atoms with E-state index >= 15 is 0 Å². The van der Waals surface area contributed by atoms with Crippen LogP contribution in [0.15, 0.2) is 0 Å². The zero-order chi connectivity index (χ0) is 17.5. The lowest BCUT2D eigenvalue weighted by molar-refractivity contribution is -0.0572. The summed E-state index contributed by atoms with van der Waals surface area (Å²) in [5, 5.41) is 10.4. The van der Waals surface area contributed by atoms with Crippen molar-refractivity contribution in [3.63, 3.8) is 0 Å². The maximum atomic E-state index is 10.4. The first kappa shape index (κ1) is 18.7. The van der Waals surface area contributed by atoms with Gasteiger partial charge in [-0.2, -0.15) is 0 Å². The summed E-state index contributed by atoms with van der Waals surface area (Å²) in [6, 6.07) is 0. The van der Waals surface area contributed by atoms with Crippen molar-refractivity contribution >= 4 is 0 Å². The van der Waals surface area contributed by atoms with Crippen LogP contribution in [0.5, 0.6) is 0 Å². The first-order chi connectivity index (χ1) is 11.2. The highest BCUT2D eigenvalue weighted by atomic mass is 16.5. The number of piperidine rings is 1. The van der Waals surface area contributed by atoms with E-state index in [1.807, 2.05) is 0 Å². The number of fused-ring (bicyclic) bond motifs is 2. The van der Waals surface area contributed by atoms with Crippen molar-refractivity contribution in [1.82, 2.24) is 4.90 Å². The Labute approximate surface area is 149 Å². The van der Waals surface area contributed by atoms with Crippen molar-refractivity contribution < 1.29 is 9.84 Å². The first-order valence-electron chi connectivity index (χ1n) is 10.2. The van der Waals surface area contributed by atoms with Crippen LogP contribution >= 0.6 is 0 Å². The normalized spacial score (nSPS) is 43.2. The molecule has 24 heavy (non-hydrogen) atoms. The van der Waals surface area contributed by atoms with Gasteiger partial charge in [0, 0.05) is 26.2 Å². The third-order valence-corrected chi connectivity index (χ3v) is 7.90. The quantitative estimate of drug-likeness (QED) is 0.796. The molecule has 140 valence electrons. The fourth-order valence-electron chi connectivity index (χ4n) is 6.06. The van der Waals surface area contributed by atoms with E-state index in [9.17, 15) is 5.11 Å². The third kappa shape index (κ3) is 3.41. The molecule has 0 aromatic heterocycles. The Balaban J connectivity index is 1.41. The molecule has 0 unspecified atom stereocenters. The summed E-state index contributed by atoms with van der Waals surface area (Å²) in [6.07, 6.45) is 6.15. The van der Waals surface area contributed by atoms with Crippen LogP contribution in [0.25, 0.3) is 0 Å². The molecule has 3 aliphatic rings. The molecule has 0 aromatic carbocycles.